The third kappa shape index (κ3) is 4.26. The third-order valence-corrected chi connectivity index (χ3v) is 3.01. The minimum Gasteiger partial charge on any atom is -0.384 e. The molecule has 2 nitrogen and oxygen atoms in total. The summed E-state index contributed by atoms with van der Waals surface area (Å²) in [4.78, 5) is 0. The molecule has 2 atom stereocenters. The predicted molar refractivity (Wildman–Crippen MR) is 68.9 cm³/mol. The van der Waals surface area contributed by atoms with Gasteiger partial charge in [0.05, 0.1) is 0 Å². The Balaban J connectivity index is 2.79. The van der Waals surface area contributed by atoms with Crippen LogP contribution in [-0.4, -0.2) is 20.8 Å². The highest BCUT2D eigenvalue weighted by Gasteiger charge is 2.17. The maximum Gasteiger partial charge on any atom is 0.129 e. The summed E-state index contributed by atoms with van der Waals surface area (Å²) >= 11 is 5.74. The normalized spacial score (nSPS) is 14.6. The van der Waals surface area contributed by atoms with Gasteiger partial charge >= 0.3 is 0 Å². The second-order valence-corrected chi connectivity index (χ2v) is 4.74. The summed E-state index contributed by atoms with van der Waals surface area (Å²) in [5.41, 5.74) is 0.653. The molecule has 0 saturated heterocycles. The zero-order chi connectivity index (χ0) is 12.8. The van der Waals surface area contributed by atoms with Crippen LogP contribution in [0.3, 0.4) is 0 Å². The van der Waals surface area contributed by atoms with E-state index in [1.165, 1.54) is 6.07 Å². The molecule has 0 heterocycles. The minimum absolute atomic E-state index is 0.0163. The van der Waals surface area contributed by atoms with Gasteiger partial charge in [-0.05, 0) is 31.5 Å². The molecule has 1 aromatic carbocycles. The highest BCUT2D eigenvalue weighted by molar-refractivity contribution is 6.30. The number of methoxy groups -OCH3 is 1. The summed E-state index contributed by atoms with van der Waals surface area (Å²) in [5.74, 6) is 0.106. The molecular formula is C13H19ClFNO. The molecule has 0 amide bonds. The fourth-order valence-electron chi connectivity index (χ4n) is 1.94. The molecule has 4 heteroatoms. The van der Waals surface area contributed by atoms with E-state index < -0.39 is 0 Å². The number of benzene rings is 1. The average Bonchev–Trinajstić information content (AvgIpc) is 2.27. The van der Waals surface area contributed by atoms with Crippen LogP contribution in [0.15, 0.2) is 18.2 Å². The molecule has 2 unspecified atom stereocenters. The molecule has 96 valence electrons. The van der Waals surface area contributed by atoms with Crippen molar-refractivity contribution in [1.29, 1.82) is 0 Å². The van der Waals surface area contributed by atoms with Gasteiger partial charge < -0.3 is 10.1 Å². The zero-order valence-corrected chi connectivity index (χ0v) is 11.2. The molecule has 0 aliphatic heterocycles. The van der Waals surface area contributed by atoms with Gasteiger partial charge in [0, 0.05) is 30.3 Å². The van der Waals surface area contributed by atoms with E-state index >= 15 is 0 Å². The highest BCUT2D eigenvalue weighted by atomic mass is 35.5. The average molecular weight is 260 g/mol. The minimum atomic E-state index is -0.263. The van der Waals surface area contributed by atoms with Crippen LogP contribution in [0.1, 0.15) is 24.9 Å². The number of halogens is 2. The van der Waals surface area contributed by atoms with Crippen molar-refractivity contribution in [3.8, 4) is 0 Å². The Morgan fingerprint density at radius 2 is 2.18 bits per heavy atom. The molecule has 0 aliphatic carbocycles. The molecule has 0 aliphatic rings. The lowest BCUT2D eigenvalue weighted by molar-refractivity contribution is 0.149. The molecule has 17 heavy (non-hydrogen) atoms. The van der Waals surface area contributed by atoms with Gasteiger partial charge in [-0.2, -0.15) is 0 Å². The Labute approximate surface area is 107 Å². The fourth-order valence-corrected chi connectivity index (χ4v) is 2.10. The lowest BCUT2D eigenvalue weighted by Crippen LogP contribution is -2.21. The van der Waals surface area contributed by atoms with Crippen LogP contribution >= 0.6 is 11.6 Å². The van der Waals surface area contributed by atoms with E-state index in [-0.39, 0.29) is 11.9 Å². The lowest BCUT2D eigenvalue weighted by Gasteiger charge is -2.21. The van der Waals surface area contributed by atoms with E-state index in [0.29, 0.717) is 23.1 Å². The largest absolute Gasteiger partial charge is 0.384 e. The second-order valence-electron chi connectivity index (χ2n) is 4.30. The van der Waals surface area contributed by atoms with E-state index in [9.17, 15) is 4.39 Å². The van der Waals surface area contributed by atoms with Crippen molar-refractivity contribution in [2.45, 2.75) is 19.4 Å². The molecule has 0 spiro atoms. The fraction of sp³-hybridized carbons (Fsp3) is 0.538. The molecule has 0 saturated carbocycles. The Morgan fingerprint density at radius 1 is 1.47 bits per heavy atom. The van der Waals surface area contributed by atoms with Crippen LogP contribution in [-0.2, 0) is 4.74 Å². The smallest absolute Gasteiger partial charge is 0.129 e. The summed E-state index contributed by atoms with van der Waals surface area (Å²) in [6, 6.07) is 4.78. The van der Waals surface area contributed by atoms with Crippen LogP contribution < -0.4 is 5.32 Å². The summed E-state index contributed by atoms with van der Waals surface area (Å²) in [6.45, 7) is 2.76. The van der Waals surface area contributed by atoms with Crippen LogP contribution in [0, 0.1) is 11.7 Å². The van der Waals surface area contributed by atoms with Crippen LogP contribution in [0.5, 0.6) is 0 Å². The molecule has 1 aromatic rings. The van der Waals surface area contributed by atoms with Crippen molar-refractivity contribution in [3.05, 3.63) is 34.6 Å². The molecular weight excluding hydrogens is 241 g/mol. The third-order valence-electron chi connectivity index (χ3n) is 2.78. The van der Waals surface area contributed by atoms with Crippen molar-refractivity contribution >= 4 is 11.6 Å². The molecule has 0 bridgehead atoms. The molecule has 1 rings (SSSR count). The highest BCUT2D eigenvalue weighted by Crippen LogP contribution is 2.25. The molecule has 0 aromatic heterocycles. The van der Waals surface area contributed by atoms with Crippen LogP contribution in [0.25, 0.3) is 0 Å². The molecule has 1 N–H and O–H groups in total. The topological polar surface area (TPSA) is 21.3 Å². The van der Waals surface area contributed by atoms with E-state index in [2.05, 4.69) is 12.2 Å². The SMILES string of the molecule is CNC(CC(C)COC)c1ccc(Cl)cc1F. The molecule has 0 fully saturated rings. The van der Waals surface area contributed by atoms with Gasteiger partial charge in [0.1, 0.15) is 5.82 Å². The van der Waals surface area contributed by atoms with Crippen LogP contribution in [0.2, 0.25) is 5.02 Å². The summed E-state index contributed by atoms with van der Waals surface area (Å²) in [6.07, 6.45) is 0.822. The van der Waals surface area contributed by atoms with Crippen molar-refractivity contribution < 1.29 is 9.13 Å². The Kier molecular flexibility index (Phi) is 5.89. The first-order chi connectivity index (χ1) is 8.08. The van der Waals surface area contributed by atoms with E-state index in [1.54, 1.807) is 19.2 Å². The van der Waals surface area contributed by atoms with Gasteiger partial charge in [0.2, 0.25) is 0 Å². The van der Waals surface area contributed by atoms with Gasteiger partial charge in [-0.1, -0.05) is 24.6 Å². The van der Waals surface area contributed by atoms with Gasteiger partial charge in [-0.25, -0.2) is 4.39 Å². The number of rotatable bonds is 6. The summed E-state index contributed by atoms with van der Waals surface area (Å²) in [5, 5.41) is 3.55. The maximum absolute atomic E-state index is 13.8. The maximum atomic E-state index is 13.8. The summed E-state index contributed by atoms with van der Waals surface area (Å²) in [7, 11) is 3.51. The number of hydrogen-bond acceptors (Lipinski definition) is 2. The van der Waals surface area contributed by atoms with Crippen LogP contribution in [0.4, 0.5) is 4.39 Å². The van der Waals surface area contributed by atoms with Crippen molar-refractivity contribution in [2.24, 2.45) is 5.92 Å². The van der Waals surface area contributed by atoms with Gasteiger partial charge in [0.25, 0.3) is 0 Å². The molecule has 0 radical (unpaired) electrons. The monoisotopic (exact) mass is 259 g/mol. The predicted octanol–water partition coefficient (Wildman–Crippen LogP) is 3.41. The number of nitrogens with one attached hydrogen (secondary N) is 1. The van der Waals surface area contributed by atoms with E-state index in [4.69, 9.17) is 16.3 Å². The first kappa shape index (κ1) is 14.4. The number of ether oxygens (including phenoxy) is 1. The quantitative estimate of drug-likeness (QED) is 0.845. The van der Waals surface area contributed by atoms with E-state index in [1.807, 2.05) is 7.05 Å². The first-order valence-electron chi connectivity index (χ1n) is 5.69. The van der Waals surface area contributed by atoms with Gasteiger partial charge in [-0.15, -0.1) is 0 Å². The van der Waals surface area contributed by atoms with Gasteiger partial charge in [0.15, 0.2) is 0 Å². The lowest BCUT2D eigenvalue weighted by atomic mass is 9.96. The standard InChI is InChI=1S/C13H19ClFNO/c1-9(8-17-3)6-13(16-2)11-5-4-10(14)7-12(11)15/h4-5,7,9,13,16H,6,8H2,1-3H3. The Hall–Kier alpha value is -0.640. The Morgan fingerprint density at radius 3 is 2.71 bits per heavy atom. The number of hydrogen-bond donors (Lipinski definition) is 1. The Bertz CT molecular complexity index is 359. The van der Waals surface area contributed by atoms with Crippen molar-refractivity contribution in [1.82, 2.24) is 5.32 Å². The van der Waals surface area contributed by atoms with Gasteiger partial charge in [-0.3, -0.25) is 0 Å². The van der Waals surface area contributed by atoms with Crippen molar-refractivity contribution in [3.63, 3.8) is 0 Å². The van der Waals surface area contributed by atoms with Crippen molar-refractivity contribution in [2.75, 3.05) is 20.8 Å². The second kappa shape index (κ2) is 6.94. The summed E-state index contributed by atoms with van der Waals surface area (Å²) < 4.78 is 18.9. The first-order valence-corrected chi connectivity index (χ1v) is 6.07. The van der Waals surface area contributed by atoms with E-state index in [0.717, 1.165) is 6.42 Å². The zero-order valence-electron chi connectivity index (χ0n) is 10.5.